The van der Waals surface area contributed by atoms with Gasteiger partial charge in [0, 0.05) is 13.6 Å². The van der Waals surface area contributed by atoms with E-state index in [0.29, 0.717) is 12.3 Å². The molecule has 0 unspecified atom stereocenters. The van der Waals surface area contributed by atoms with Gasteiger partial charge in [-0.05, 0) is 17.7 Å². The van der Waals surface area contributed by atoms with E-state index >= 15 is 0 Å². The average molecular weight is 248 g/mol. The van der Waals surface area contributed by atoms with Crippen LogP contribution in [0, 0.1) is 10.1 Å². The van der Waals surface area contributed by atoms with Gasteiger partial charge in [-0.25, -0.2) is 0 Å². The van der Waals surface area contributed by atoms with Crippen molar-refractivity contribution in [3.63, 3.8) is 0 Å². The average Bonchev–Trinajstić information content (AvgIpc) is 2.70. The largest absolute Gasteiger partial charge is 0.433 e. The van der Waals surface area contributed by atoms with Gasteiger partial charge >= 0.3 is 11.6 Å². The summed E-state index contributed by atoms with van der Waals surface area (Å²) in [5.41, 5.74) is 6.22. The van der Waals surface area contributed by atoms with E-state index in [1.807, 2.05) is 6.07 Å². The van der Waals surface area contributed by atoms with Crippen molar-refractivity contribution in [2.24, 2.45) is 12.8 Å². The molecule has 94 valence electrons. The van der Waals surface area contributed by atoms with Gasteiger partial charge in [-0.2, -0.15) is 0 Å². The maximum absolute atomic E-state index is 10.8. The summed E-state index contributed by atoms with van der Waals surface area (Å²) >= 11 is 0. The van der Waals surface area contributed by atoms with Crippen molar-refractivity contribution in [1.29, 1.82) is 0 Å². The highest BCUT2D eigenvalue weighted by atomic mass is 16.6. The Bertz CT molecular complexity index is 579. The lowest BCUT2D eigenvalue weighted by Crippen LogP contribution is -1.97. The molecule has 7 nitrogen and oxygen atoms in total. The van der Waals surface area contributed by atoms with Crippen molar-refractivity contribution >= 4 is 5.69 Å². The second-order valence-electron chi connectivity index (χ2n) is 3.70. The van der Waals surface area contributed by atoms with Crippen LogP contribution in [0.25, 0.3) is 0 Å². The molecule has 7 heteroatoms. The van der Waals surface area contributed by atoms with Gasteiger partial charge in [0.05, 0.1) is 4.92 Å². The van der Waals surface area contributed by atoms with Crippen molar-refractivity contribution in [2.45, 2.75) is 6.54 Å². The predicted molar refractivity (Wildman–Crippen MR) is 64.3 cm³/mol. The zero-order valence-electron chi connectivity index (χ0n) is 9.74. The number of nitro groups is 1. The minimum Gasteiger partial charge on any atom is -0.433 e. The molecule has 2 rings (SSSR count). The summed E-state index contributed by atoms with van der Waals surface area (Å²) in [4.78, 5) is 10.3. The predicted octanol–water partition coefficient (Wildman–Crippen LogP) is 1.58. The number of hydrogen-bond donors (Lipinski definition) is 1. The van der Waals surface area contributed by atoms with E-state index in [1.54, 1.807) is 25.2 Å². The van der Waals surface area contributed by atoms with E-state index in [9.17, 15) is 10.1 Å². The lowest BCUT2D eigenvalue weighted by atomic mass is 10.2. The summed E-state index contributed by atoms with van der Waals surface area (Å²) in [5, 5.41) is 14.7. The fraction of sp³-hybridized carbons (Fsp3) is 0.182. The number of hydrogen-bond acceptors (Lipinski definition) is 5. The Morgan fingerprint density at radius 1 is 1.56 bits per heavy atom. The molecule has 0 bridgehead atoms. The summed E-state index contributed by atoms with van der Waals surface area (Å²) in [6.07, 6.45) is 1.29. The molecular formula is C11H12N4O3. The van der Waals surface area contributed by atoms with Crippen LogP contribution in [-0.2, 0) is 13.6 Å². The summed E-state index contributed by atoms with van der Waals surface area (Å²) in [6.45, 7) is 0.376. The van der Waals surface area contributed by atoms with Gasteiger partial charge in [-0.1, -0.05) is 12.1 Å². The molecule has 0 atom stereocenters. The molecule has 1 aromatic carbocycles. The Balaban J connectivity index is 2.30. The highest BCUT2D eigenvalue weighted by Crippen LogP contribution is 2.29. The number of rotatable bonds is 4. The van der Waals surface area contributed by atoms with Crippen LogP contribution in [0.1, 0.15) is 5.56 Å². The van der Waals surface area contributed by atoms with Crippen LogP contribution in [0.4, 0.5) is 5.69 Å². The topological polar surface area (TPSA) is 96.2 Å². The van der Waals surface area contributed by atoms with Gasteiger partial charge in [0.2, 0.25) is 0 Å². The summed E-state index contributed by atoms with van der Waals surface area (Å²) in [5.74, 6) is 0.441. The van der Waals surface area contributed by atoms with Crippen LogP contribution >= 0.6 is 0 Å². The molecule has 0 radical (unpaired) electrons. The third-order valence-corrected chi connectivity index (χ3v) is 2.32. The first-order chi connectivity index (χ1) is 8.60. The van der Waals surface area contributed by atoms with Crippen LogP contribution in [0.15, 0.2) is 30.5 Å². The fourth-order valence-electron chi connectivity index (χ4n) is 1.50. The van der Waals surface area contributed by atoms with Crippen molar-refractivity contribution in [3.05, 3.63) is 46.1 Å². The highest BCUT2D eigenvalue weighted by Gasteiger charge is 2.20. The number of ether oxygens (including phenoxy) is 1. The van der Waals surface area contributed by atoms with E-state index in [0.717, 1.165) is 5.56 Å². The van der Waals surface area contributed by atoms with Crippen LogP contribution in [-0.4, -0.2) is 14.7 Å². The van der Waals surface area contributed by atoms with Crippen molar-refractivity contribution < 1.29 is 9.66 Å². The van der Waals surface area contributed by atoms with Crippen LogP contribution in [0.5, 0.6) is 11.6 Å². The third kappa shape index (κ3) is 2.46. The number of nitrogens with zero attached hydrogens (tertiary/aromatic N) is 3. The standard InChI is InChI=1S/C11H12N4O3/c1-14-7-10(15(16)17)11(13-14)18-9-4-2-3-8(5-9)6-12/h2-5,7H,6,12H2,1H3. The molecule has 2 aromatic rings. The van der Waals surface area contributed by atoms with E-state index in [-0.39, 0.29) is 11.6 Å². The molecule has 0 amide bonds. The van der Waals surface area contributed by atoms with Crippen molar-refractivity contribution in [3.8, 4) is 11.6 Å². The summed E-state index contributed by atoms with van der Waals surface area (Å²) < 4.78 is 6.74. The molecule has 1 heterocycles. The molecule has 1 aromatic heterocycles. The first-order valence-electron chi connectivity index (χ1n) is 5.25. The Kier molecular flexibility index (Phi) is 3.24. The van der Waals surface area contributed by atoms with Gasteiger partial charge in [-0.3, -0.25) is 14.8 Å². The third-order valence-electron chi connectivity index (χ3n) is 2.32. The lowest BCUT2D eigenvalue weighted by molar-refractivity contribution is -0.385. The monoisotopic (exact) mass is 248 g/mol. The van der Waals surface area contributed by atoms with Gasteiger partial charge in [-0.15, -0.1) is 5.10 Å². The number of aromatic nitrogens is 2. The minimum atomic E-state index is -0.533. The van der Waals surface area contributed by atoms with Gasteiger partial charge < -0.3 is 10.5 Å². The van der Waals surface area contributed by atoms with Crippen LogP contribution in [0.2, 0.25) is 0 Å². The van der Waals surface area contributed by atoms with Gasteiger partial charge in [0.25, 0.3) is 0 Å². The lowest BCUT2D eigenvalue weighted by Gasteiger charge is -2.03. The highest BCUT2D eigenvalue weighted by molar-refractivity contribution is 5.42. The maximum Gasteiger partial charge on any atom is 0.350 e. The zero-order chi connectivity index (χ0) is 13.1. The smallest absolute Gasteiger partial charge is 0.350 e. The van der Waals surface area contributed by atoms with E-state index in [2.05, 4.69) is 5.10 Å². The summed E-state index contributed by atoms with van der Waals surface area (Å²) in [7, 11) is 1.59. The SMILES string of the molecule is Cn1cc([N+](=O)[O-])c(Oc2cccc(CN)c2)n1. The van der Waals surface area contributed by atoms with Crippen LogP contribution in [0.3, 0.4) is 0 Å². The molecule has 0 aliphatic rings. The van der Waals surface area contributed by atoms with Crippen molar-refractivity contribution in [1.82, 2.24) is 9.78 Å². The molecular weight excluding hydrogens is 236 g/mol. The van der Waals surface area contributed by atoms with Gasteiger partial charge in [0.15, 0.2) is 0 Å². The molecule has 0 aliphatic heterocycles. The first kappa shape index (κ1) is 12.1. The fourth-order valence-corrected chi connectivity index (χ4v) is 1.50. The molecule has 0 saturated carbocycles. The summed E-state index contributed by atoms with van der Waals surface area (Å²) in [6, 6.07) is 7.03. The molecule has 0 aliphatic carbocycles. The number of nitrogens with two attached hydrogens (primary N) is 1. The minimum absolute atomic E-state index is 0.0309. The Morgan fingerprint density at radius 2 is 2.33 bits per heavy atom. The van der Waals surface area contributed by atoms with Crippen molar-refractivity contribution in [2.75, 3.05) is 0 Å². The maximum atomic E-state index is 10.8. The van der Waals surface area contributed by atoms with E-state index in [4.69, 9.17) is 10.5 Å². The normalized spacial score (nSPS) is 10.3. The van der Waals surface area contributed by atoms with E-state index < -0.39 is 4.92 Å². The zero-order valence-corrected chi connectivity index (χ0v) is 9.74. The van der Waals surface area contributed by atoms with Gasteiger partial charge in [0.1, 0.15) is 11.9 Å². The molecule has 0 spiro atoms. The quantitative estimate of drug-likeness (QED) is 0.654. The molecule has 0 fully saturated rings. The number of benzene rings is 1. The second-order valence-corrected chi connectivity index (χ2v) is 3.70. The Morgan fingerprint density at radius 3 is 3.00 bits per heavy atom. The van der Waals surface area contributed by atoms with Crippen LogP contribution < -0.4 is 10.5 Å². The first-order valence-corrected chi connectivity index (χ1v) is 5.25. The Labute approximate surface area is 103 Å². The molecule has 18 heavy (non-hydrogen) atoms. The number of aryl methyl sites for hydroxylation is 1. The van der Waals surface area contributed by atoms with E-state index in [1.165, 1.54) is 10.9 Å². The second kappa shape index (κ2) is 4.84. The molecule has 0 saturated heterocycles. The molecule has 2 N–H and O–H groups in total. The Hall–Kier alpha value is -2.41.